The predicted octanol–water partition coefficient (Wildman–Crippen LogP) is 1.79. The predicted molar refractivity (Wildman–Crippen MR) is 66.7 cm³/mol. The van der Waals surface area contributed by atoms with Gasteiger partial charge in [0.1, 0.15) is 6.42 Å². The smallest absolute Gasteiger partial charge is 0.313 e. The minimum Gasteiger partial charge on any atom is -0.469 e. The monoisotopic (exact) mass is 246 g/mol. The van der Waals surface area contributed by atoms with Gasteiger partial charge in [-0.05, 0) is 11.6 Å². The second-order valence-corrected chi connectivity index (χ2v) is 3.68. The molecule has 0 aliphatic heterocycles. The third-order valence-electron chi connectivity index (χ3n) is 2.20. The summed E-state index contributed by atoms with van der Waals surface area (Å²) in [6.45, 7) is 0. The number of methoxy groups -OCH3 is 1. The molecule has 0 N–H and O–H groups in total. The zero-order valence-corrected chi connectivity index (χ0v) is 10.1. The molecule has 1 aromatic rings. The molecule has 0 saturated carbocycles. The molecule has 4 heteroatoms. The van der Waals surface area contributed by atoms with Gasteiger partial charge < -0.3 is 4.74 Å². The third-order valence-corrected chi connectivity index (χ3v) is 2.20. The summed E-state index contributed by atoms with van der Waals surface area (Å²) in [5.74, 6) is -1.39. The van der Waals surface area contributed by atoms with Gasteiger partial charge in [0.2, 0.25) is 0 Å². The SMILES string of the molecule is COC(=O)CC(=O)CC(=O)C=Cc1ccccc1. The van der Waals surface area contributed by atoms with E-state index in [9.17, 15) is 14.4 Å². The number of ketones is 2. The molecule has 18 heavy (non-hydrogen) atoms. The van der Waals surface area contributed by atoms with Crippen molar-refractivity contribution >= 4 is 23.6 Å². The molecule has 0 aliphatic rings. The molecule has 0 spiro atoms. The van der Waals surface area contributed by atoms with Crippen molar-refractivity contribution in [3.05, 3.63) is 42.0 Å². The lowest BCUT2D eigenvalue weighted by Gasteiger charge is -1.97. The largest absolute Gasteiger partial charge is 0.469 e. The zero-order valence-electron chi connectivity index (χ0n) is 10.1. The summed E-state index contributed by atoms with van der Waals surface area (Å²) in [5.41, 5.74) is 0.881. The summed E-state index contributed by atoms with van der Waals surface area (Å²) < 4.78 is 4.34. The molecule has 0 aromatic heterocycles. The normalized spacial score (nSPS) is 10.3. The van der Waals surface area contributed by atoms with E-state index < -0.39 is 11.8 Å². The van der Waals surface area contributed by atoms with E-state index in [2.05, 4.69) is 4.74 Å². The van der Waals surface area contributed by atoms with Gasteiger partial charge in [-0.25, -0.2) is 0 Å². The van der Waals surface area contributed by atoms with Gasteiger partial charge in [-0.2, -0.15) is 0 Å². The number of hydrogen-bond acceptors (Lipinski definition) is 4. The molecular formula is C14H14O4. The fraction of sp³-hybridized carbons (Fsp3) is 0.214. The van der Waals surface area contributed by atoms with Gasteiger partial charge in [-0.15, -0.1) is 0 Å². The van der Waals surface area contributed by atoms with E-state index in [-0.39, 0.29) is 18.6 Å². The number of ether oxygens (including phenoxy) is 1. The maximum atomic E-state index is 11.4. The second-order valence-electron chi connectivity index (χ2n) is 3.68. The highest BCUT2D eigenvalue weighted by molar-refractivity contribution is 6.10. The van der Waals surface area contributed by atoms with Crippen LogP contribution in [0.25, 0.3) is 6.08 Å². The molecule has 94 valence electrons. The molecule has 0 heterocycles. The van der Waals surface area contributed by atoms with Crippen LogP contribution in [0, 0.1) is 0 Å². The summed E-state index contributed by atoms with van der Waals surface area (Å²) in [4.78, 5) is 33.5. The van der Waals surface area contributed by atoms with E-state index >= 15 is 0 Å². The quantitative estimate of drug-likeness (QED) is 0.436. The van der Waals surface area contributed by atoms with Crippen LogP contribution >= 0.6 is 0 Å². The Labute approximate surface area is 105 Å². The molecule has 1 aromatic carbocycles. The van der Waals surface area contributed by atoms with Crippen LogP contribution in [0.3, 0.4) is 0 Å². The van der Waals surface area contributed by atoms with Gasteiger partial charge in [-0.3, -0.25) is 14.4 Å². The highest BCUT2D eigenvalue weighted by atomic mass is 16.5. The summed E-state index contributed by atoms with van der Waals surface area (Å²) in [5, 5.41) is 0. The van der Waals surface area contributed by atoms with Crippen LogP contribution in [0.5, 0.6) is 0 Å². The molecule has 0 radical (unpaired) electrons. The fourth-order valence-electron chi connectivity index (χ4n) is 1.30. The van der Waals surface area contributed by atoms with Gasteiger partial charge in [0.15, 0.2) is 11.6 Å². The lowest BCUT2D eigenvalue weighted by molar-refractivity contribution is -0.143. The number of carbonyl (C=O) groups is 3. The maximum Gasteiger partial charge on any atom is 0.313 e. The maximum absolute atomic E-state index is 11.4. The Balaban J connectivity index is 2.45. The first-order chi connectivity index (χ1) is 8.61. The Morgan fingerprint density at radius 1 is 1.11 bits per heavy atom. The summed E-state index contributed by atoms with van der Waals surface area (Å²) in [7, 11) is 1.20. The molecule has 0 amide bonds. The van der Waals surface area contributed by atoms with Crippen LogP contribution in [0.2, 0.25) is 0 Å². The zero-order chi connectivity index (χ0) is 13.4. The van der Waals surface area contributed by atoms with Crippen LogP contribution < -0.4 is 0 Å². The Kier molecular flexibility index (Phi) is 5.51. The standard InChI is InChI=1S/C14H14O4/c1-18-14(17)10-13(16)9-12(15)8-7-11-5-3-2-4-6-11/h2-8H,9-10H2,1H3. The number of allylic oxidation sites excluding steroid dienone is 1. The van der Waals surface area contributed by atoms with E-state index in [1.165, 1.54) is 13.2 Å². The van der Waals surface area contributed by atoms with Crippen molar-refractivity contribution in [3.8, 4) is 0 Å². The van der Waals surface area contributed by atoms with Crippen LogP contribution in [0.4, 0.5) is 0 Å². The van der Waals surface area contributed by atoms with Crippen molar-refractivity contribution in [1.82, 2.24) is 0 Å². The highest BCUT2D eigenvalue weighted by Crippen LogP contribution is 2.02. The van der Waals surface area contributed by atoms with Crippen molar-refractivity contribution < 1.29 is 19.1 Å². The van der Waals surface area contributed by atoms with E-state index in [1.807, 2.05) is 30.3 Å². The Hall–Kier alpha value is -2.23. The average molecular weight is 246 g/mol. The van der Waals surface area contributed by atoms with E-state index in [1.54, 1.807) is 6.08 Å². The van der Waals surface area contributed by atoms with Gasteiger partial charge >= 0.3 is 5.97 Å². The molecule has 0 atom stereocenters. The lowest BCUT2D eigenvalue weighted by Crippen LogP contribution is -2.12. The van der Waals surface area contributed by atoms with E-state index in [0.717, 1.165) is 5.56 Å². The third kappa shape index (κ3) is 5.21. The second kappa shape index (κ2) is 7.17. The summed E-state index contributed by atoms with van der Waals surface area (Å²) in [6, 6.07) is 9.28. The minimum atomic E-state index is -0.625. The molecule has 0 saturated heterocycles. The Morgan fingerprint density at radius 2 is 1.78 bits per heavy atom. The van der Waals surface area contributed by atoms with Crippen molar-refractivity contribution in [2.45, 2.75) is 12.8 Å². The lowest BCUT2D eigenvalue weighted by atomic mass is 10.1. The first-order valence-corrected chi connectivity index (χ1v) is 5.46. The summed E-state index contributed by atoms with van der Waals surface area (Å²) in [6.07, 6.45) is 2.33. The van der Waals surface area contributed by atoms with Gasteiger partial charge in [0.25, 0.3) is 0 Å². The first kappa shape index (κ1) is 13.8. The number of carbonyl (C=O) groups excluding carboxylic acids is 3. The van der Waals surface area contributed by atoms with Crippen LogP contribution in [0.15, 0.2) is 36.4 Å². The van der Waals surface area contributed by atoms with Crippen molar-refractivity contribution in [2.75, 3.05) is 7.11 Å². The van der Waals surface area contributed by atoms with Crippen molar-refractivity contribution in [3.63, 3.8) is 0 Å². The van der Waals surface area contributed by atoms with Crippen LogP contribution in [-0.2, 0) is 19.1 Å². The summed E-state index contributed by atoms with van der Waals surface area (Å²) >= 11 is 0. The topological polar surface area (TPSA) is 60.4 Å². The van der Waals surface area contributed by atoms with Crippen molar-refractivity contribution in [2.24, 2.45) is 0 Å². The molecule has 0 bridgehead atoms. The van der Waals surface area contributed by atoms with Gasteiger partial charge in [0.05, 0.1) is 13.5 Å². The Morgan fingerprint density at radius 3 is 2.39 bits per heavy atom. The number of Topliss-reactive ketones (excluding diaryl/α,β-unsaturated/α-hetero) is 1. The first-order valence-electron chi connectivity index (χ1n) is 5.46. The number of hydrogen-bond donors (Lipinski definition) is 0. The van der Waals surface area contributed by atoms with E-state index in [4.69, 9.17) is 0 Å². The van der Waals surface area contributed by atoms with Gasteiger partial charge in [-0.1, -0.05) is 36.4 Å². The number of rotatable bonds is 6. The van der Waals surface area contributed by atoms with Crippen molar-refractivity contribution in [1.29, 1.82) is 0 Å². The average Bonchev–Trinajstić information content (AvgIpc) is 2.37. The van der Waals surface area contributed by atoms with Gasteiger partial charge in [0, 0.05) is 0 Å². The fourth-order valence-corrected chi connectivity index (χ4v) is 1.30. The molecule has 0 aliphatic carbocycles. The van der Waals surface area contributed by atoms with E-state index in [0.29, 0.717) is 0 Å². The van der Waals surface area contributed by atoms with Crippen LogP contribution in [-0.4, -0.2) is 24.6 Å². The molecular weight excluding hydrogens is 232 g/mol. The minimum absolute atomic E-state index is 0.279. The Bertz CT molecular complexity index is 460. The highest BCUT2D eigenvalue weighted by Gasteiger charge is 2.12. The molecule has 0 fully saturated rings. The molecule has 4 nitrogen and oxygen atoms in total. The van der Waals surface area contributed by atoms with Crippen LogP contribution in [0.1, 0.15) is 18.4 Å². The number of esters is 1. The number of benzene rings is 1. The molecule has 0 unspecified atom stereocenters. The molecule has 1 rings (SSSR count).